The number of hydrogen-bond donors (Lipinski definition) is 2. The molecule has 0 fully saturated rings. The molecule has 0 saturated carbocycles. The Hall–Kier alpha value is -1.00. The highest BCUT2D eigenvalue weighted by Crippen LogP contribution is 2.22. The van der Waals surface area contributed by atoms with Gasteiger partial charge in [0.25, 0.3) is 0 Å². The second-order valence-electron chi connectivity index (χ2n) is 5.60. The number of aliphatic hydroxyl groups excluding tert-OH is 1. The first-order valence-electron chi connectivity index (χ1n) is 6.51. The molecule has 1 unspecified atom stereocenters. The molecular formula is C15H23NO2S. The first-order valence-corrected chi connectivity index (χ1v) is 7.50. The molecule has 3 nitrogen and oxygen atoms in total. The van der Waals surface area contributed by atoms with Crippen LogP contribution in [0.5, 0.6) is 0 Å². The van der Waals surface area contributed by atoms with Crippen molar-refractivity contribution in [2.45, 2.75) is 38.1 Å². The fourth-order valence-electron chi connectivity index (χ4n) is 1.75. The minimum atomic E-state index is -0.0458. The summed E-state index contributed by atoms with van der Waals surface area (Å²) in [6.07, 6.45) is 0.589. The van der Waals surface area contributed by atoms with Crippen LogP contribution in [0.2, 0.25) is 0 Å². The Labute approximate surface area is 119 Å². The van der Waals surface area contributed by atoms with Crippen LogP contribution < -0.4 is 5.32 Å². The number of carbonyl (C=O) groups excluding carboxylic acids is 1. The molecule has 1 rings (SSSR count). The number of carbonyl (C=O) groups is 1. The summed E-state index contributed by atoms with van der Waals surface area (Å²) in [5, 5.41) is 12.1. The monoisotopic (exact) mass is 281 g/mol. The van der Waals surface area contributed by atoms with E-state index in [0.717, 1.165) is 4.90 Å². The molecule has 0 aromatic heterocycles. The highest BCUT2D eigenvalue weighted by molar-refractivity contribution is 8.00. The van der Waals surface area contributed by atoms with Crippen molar-refractivity contribution in [1.29, 1.82) is 0 Å². The second-order valence-corrected chi connectivity index (χ2v) is 6.65. The average molecular weight is 281 g/mol. The fourth-order valence-corrected chi connectivity index (χ4v) is 2.48. The number of benzene rings is 1. The van der Waals surface area contributed by atoms with Crippen molar-refractivity contribution in [3.63, 3.8) is 0 Å². The van der Waals surface area contributed by atoms with E-state index in [2.05, 4.69) is 26.1 Å². The number of nitrogens with one attached hydrogen (secondary N) is 1. The third-order valence-electron chi connectivity index (χ3n) is 2.91. The van der Waals surface area contributed by atoms with E-state index in [9.17, 15) is 4.79 Å². The lowest BCUT2D eigenvalue weighted by molar-refractivity contribution is -0.120. The summed E-state index contributed by atoms with van der Waals surface area (Å²) in [6, 6.07) is 9.87. The Kier molecular flexibility index (Phi) is 6.38. The molecule has 1 aromatic rings. The van der Waals surface area contributed by atoms with E-state index in [0.29, 0.717) is 12.2 Å². The van der Waals surface area contributed by atoms with Crippen LogP contribution >= 0.6 is 11.8 Å². The van der Waals surface area contributed by atoms with Crippen molar-refractivity contribution in [2.24, 2.45) is 5.41 Å². The Bertz CT molecular complexity index is 387. The second kappa shape index (κ2) is 7.56. The van der Waals surface area contributed by atoms with Gasteiger partial charge in [0.05, 0.1) is 5.75 Å². The summed E-state index contributed by atoms with van der Waals surface area (Å²) in [6.45, 7) is 6.29. The van der Waals surface area contributed by atoms with E-state index in [1.165, 1.54) is 11.8 Å². The zero-order chi connectivity index (χ0) is 14.3. The van der Waals surface area contributed by atoms with Gasteiger partial charge < -0.3 is 10.4 Å². The highest BCUT2D eigenvalue weighted by Gasteiger charge is 2.25. The van der Waals surface area contributed by atoms with E-state index in [1.807, 2.05) is 30.3 Å². The van der Waals surface area contributed by atoms with Crippen LogP contribution in [0.3, 0.4) is 0 Å². The van der Waals surface area contributed by atoms with Crippen molar-refractivity contribution in [1.82, 2.24) is 5.32 Å². The molecule has 0 bridgehead atoms. The molecule has 1 amide bonds. The summed E-state index contributed by atoms with van der Waals surface area (Å²) in [5.41, 5.74) is -0.0458. The van der Waals surface area contributed by atoms with Gasteiger partial charge in [-0.05, 0) is 24.0 Å². The largest absolute Gasteiger partial charge is 0.396 e. The van der Waals surface area contributed by atoms with Crippen LogP contribution in [-0.4, -0.2) is 29.4 Å². The molecule has 0 aliphatic rings. The van der Waals surface area contributed by atoms with Crippen LogP contribution in [0.1, 0.15) is 27.2 Å². The zero-order valence-corrected chi connectivity index (χ0v) is 12.7. The van der Waals surface area contributed by atoms with Crippen LogP contribution in [0.4, 0.5) is 0 Å². The van der Waals surface area contributed by atoms with Gasteiger partial charge in [-0.3, -0.25) is 4.79 Å². The predicted octanol–water partition coefficient (Wildman–Crippen LogP) is 2.69. The van der Waals surface area contributed by atoms with E-state index in [4.69, 9.17) is 5.11 Å². The molecule has 1 atom stereocenters. The zero-order valence-electron chi connectivity index (χ0n) is 11.8. The van der Waals surface area contributed by atoms with Crippen molar-refractivity contribution in [3.8, 4) is 0 Å². The van der Waals surface area contributed by atoms with Gasteiger partial charge in [0.2, 0.25) is 5.91 Å². The van der Waals surface area contributed by atoms with Gasteiger partial charge in [-0.25, -0.2) is 0 Å². The predicted molar refractivity (Wildman–Crippen MR) is 80.3 cm³/mol. The summed E-state index contributed by atoms with van der Waals surface area (Å²) < 4.78 is 0. The van der Waals surface area contributed by atoms with Crippen molar-refractivity contribution < 1.29 is 9.90 Å². The molecule has 0 heterocycles. The van der Waals surface area contributed by atoms with Gasteiger partial charge in [-0.2, -0.15) is 0 Å². The first kappa shape index (κ1) is 16.1. The molecule has 19 heavy (non-hydrogen) atoms. The molecule has 1 aromatic carbocycles. The minimum absolute atomic E-state index is 0.00127. The lowest BCUT2D eigenvalue weighted by Gasteiger charge is -2.31. The summed E-state index contributed by atoms with van der Waals surface area (Å²) in [4.78, 5) is 13.0. The van der Waals surface area contributed by atoms with Gasteiger partial charge >= 0.3 is 0 Å². The molecule has 106 valence electrons. The summed E-state index contributed by atoms with van der Waals surface area (Å²) >= 11 is 1.52. The third kappa shape index (κ3) is 6.12. The molecule has 4 heteroatoms. The molecule has 0 spiro atoms. The van der Waals surface area contributed by atoms with Crippen molar-refractivity contribution >= 4 is 17.7 Å². The standard InChI is InChI=1S/C15H23NO2S/c1-15(2,3)13(9-10-17)16-14(18)11-19-12-7-5-4-6-8-12/h4-8,13,17H,9-11H2,1-3H3,(H,16,18). The van der Waals surface area contributed by atoms with E-state index in [-0.39, 0.29) is 24.0 Å². The van der Waals surface area contributed by atoms with Crippen LogP contribution in [0.25, 0.3) is 0 Å². The normalized spacial score (nSPS) is 13.1. The smallest absolute Gasteiger partial charge is 0.230 e. The summed E-state index contributed by atoms with van der Waals surface area (Å²) in [5.74, 6) is 0.421. The van der Waals surface area contributed by atoms with Crippen LogP contribution in [0.15, 0.2) is 35.2 Å². The molecule has 0 aliphatic carbocycles. The molecule has 2 N–H and O–H groups in total. The molecule has 0 saturated heterocycles. The Balaban J connectivity index is 2.45. The number of hydrogen-bond acceptors (Lipinski definition) is 3. The first-order chi connectivity index (χ1) is 8.93. The molecule has 0 aliphatic heterocycles. The maximum atomic E-state index is 11.9. The van der Waals surface area contributed by atoms with Gasteiger partial charge in [0.1, 0.15) is 0 Å². The Morgan fingerprint density at radius 2 is 1.95 bits per heavy atom. The van der Waals surface area contributed by atoms with Crippen LogP contribution in [-0.2, 0) is 4.79 Å². The van der Waals surface area contributed by atoms with Gasteiger partial charge in [0, 0.05) is 17.5 Å². The third-order valence-corrected chi connectivity index (χ3v) is 3.92. The SMILES string of the molecule is CC(C)(C)C(CCO)NC(=O)CSc1ccccc1. The van der Waals surface area contributed by atoms with E-state index in [1.54, 1.807) is 0 Å². The van der Waals surface area contributed by atoms with Crippen molar-refractivity contribution in [3.05, 3.63) is 30.3 Å². The fraction of sp³-hybridized carbons (Fsp3) is 0.533. The van der Waals surface area contributed by atoms with Gasteiger partial charge in [0.15, 0.2) is 0 Å². The lowest BCUT2D eigenvalue weighted by atomic mass is 9.85. The maximum absolute atomic E-state index is 11.9. The lowest BCUT2D eigenvalue weighted by Crippen LogP contribution is -2.45. The van der Waals surface area contributed by atoms with Gasteiger partial charge in [-0.1, -0.05) is 39.0 Å². The summed E-state index contributed by atoms with van der Waals surface area (Å²) in [7, 11) is 0. The van der Waals surface area contributed by atoms with Crippen molar-refractivity contribution in [2.75, 3.05) is 12.4 Å². The number of rotatable bonds is 6. The maximum Gasteiger partial charge on any atom is 0.230 e. The number of amides is 1. The number of aliphatic hydroxyl groups is 1. The highest BCUT2D eigenvalue weighted by atomic mass is 32.2. The topological polar surface area (TPSA) is 49.3 Å². The van der Waals surface area contributed by atoms with Crippen LogP contribution in [0, 0.1) is 5.41 Å². The Morgan fingerprint density at radius 3 is 2.47 bits per heavy atom. The minimum Gasteiger partial charge on any atom is -0.396 e. The average Bonchev–Trinajstić information content (AvgIpc) is 2.36. The molecule has 0 radical (unpaired) electrons. The van der Waals surface area contributed by atoms with E-state index < -0.39 is 0 Å². The Morgan fingerprint density at radius 1 is 1.32 bits per heavy atom. The van der Waals surface area contributed by atoms with Gasteiger partial charge in [-0.15, -0.1) is 11.8 Å². The molecular weight excluding hydrogens is 258 g/mol. The quantitative estimate of drug-likeness (QED) is 0.788. The van der Waals surface area contributed by atoms with E-state index >= 15 is 0 Å². The number of thioether (sulfide) groups is 1.